The lowest BCUT2D eigenvalue weighted by Gasteiger charge is -2.19. The monoisotopic (exact) mass is 218 g/mol. The van der Waals surface area contributed by atoms with E-state index in [1.807, 2.05) is 18.5 Å². The second-order valence-corrected chi connectivity index (χ2v) is 4.06. The van der Waals surface area contributed by atoms with Crippen LogP contribution in [0.1, 0.15) is 43.4 Å². The van der Waals surface area contributed by atoms with Crippen molar-refractivity contribution >= 4 is 0 Å². The number of rotatable bonds is 7. The predicted molar refractivity (Wildman–Crippen MR) is 69.4 cm³/mol. The Hall–Kier alpha value is -1.15. The normalized spacial score (nSPS) is 12.4. The average Bonchev–Trinajstić information content (AvgIpc) is 2.29. The van der Waals surface area contributed by atoms with Gasteiger partial charge in [-0.25, -0.2) is 0 Å². The summed E-state index contributed by atoms with van der Waals surface area (Å²) >= 11 is 0. The summed E-state index contributed by atoms with van der Waals surface area (Å²) < 4.78 is 0. The molecule has 0 aliphatic rings. The molecule has 0 aromatic carbocycles. The fourth-order valence-corrected chi connectivity index (χ4v) is 1.92. The summed E-state index contributed by atoms with van der Waals surface area (Å²) in [5, 5.41) is 3.52. The molecule has 0 aliphatic heterocycles. The minimum atomic E-state index is 0.429. The van der Waals surface area contributed by atoms with Crippen LogP contribution in [0, 0.1) is 6.92 Å². The predicted octanol–water partition coefficient (Wildman–Crippen LogP) is 3.40. The van der Waals surface area contributed by atoms with Gasteiger partial charge in [0.2, 0.25) is 0 Å². The van der Waals surface area contributed by atoms with E-state index in [1.54, 1.807) is 0 Å². The average molecular weight is 218 g/mol. The Labute approximate surface area is 98.8 Å². The fourth-order valence-electron chi connectivity index (χ4n) is 1.92. The van der Waals surface area contributed by atoms with Gasteiger partial charge < -0.3 is 5.32 Å². The number of hydrogen-bond donors (Lipinski definition) is 1. The lowest BCUT2D eigenvalue weighted by atomic mass is 9.99. The summed E-state index contributed by atoms with van der Waals surface area (Å²) in [5.74, 6) is 0. The standard InChI is InChI=1S/C14H22N2/c1-4-6-7-8-14(16-5-2)13-11-15-10-9-12(13)3/h4,9-11,14,16H,1,5-8H2,2-3H3. The lowest BCUT2D eigenvalue weighted by Crippen LogP contribution is -2.21. The highest BCUT2D eigenvalue weighted by Crippen LogP contribution is 2.21. The van der Waals surface area contributed by atoms with Gasteiger partial charge in [0.1, 0.15) is 0 Å². The quantitative estimate of drug-likeness (QED) is 0.560. The van der Waals surface area contributed by atoms with Crippen LogP contribution in [0.3, 0.4) is 0 Å². The van der Waals surface area contributed by atoms with Crippen LogP contribution < -0.4 is 5.32 Å². The summed E-state index contributed by atoms with van der Waals surface area (Å²) in [6.07, 6.45) is 9.23. The molecule has 0 amide bonds. The Morgan fingerprint density at radius 3 is 3.00 bits per heavy atom. The van der Waals surface area contributed by atoms with Gasteiger partial charge in [0.25, 0.3) is 0 Å². The number of hydrogen-bond acceptors (Lipinski definition) is 2. The maximum absolute atomic E-state index is 4.22. The first-order valence-electron chi connectivity index (χ1n) is 6.04. The zero-order valence-corrected chi connectivity index (χ0v) is 10.4. The third-order valence-electron chi connectivity index (χ3n) is 2.81. The first kappa shape index (κ1) is 12.9. The van der Waals surface area contributed by atoms with Crippen molar-refractivity contribution in [1.82, 2.24) is 10.3 Å². The number of nitrogens with one attached hydrogen (secondary N) is 1. The topological polar surface area (TPSA) is 24.9 Å². The van der Waals surface area contributed by atoms with Crippen molar-refractivity contribution in [3.63, 3.8) is 0 Å². The molecule has 1 rings (SSSR count). The first-order valence-corrected chi connectivity index (χ1v) is 6.04. The van der Waals surface area contributed by atoms with Gasteiger partial charge in [-0.05, 0) is 49.9 Å². The van der Waals surface area contributed by atoms with Crippen LogP contribution in [-0.4, -0.2) is 11.5 Å². The highest BCUT2D eigenvalue weighted by Gasteiger charge is 2.11. The van der Waals surface area contributed by atoms with E-state index in [1.165, 1.54) is 17.5 Å². The Morgan fingerprint density at radius 2 is 2.38 bits per heavy atom. The molecular formula is C14H22N2. The van der Waals surface area contributed by atoms with Crippen molar-refractivity contribution in [1.29, 1.82) is 0 Å². The Bertz CT molecular complexity index is 320. The molecule has 1 heterocycles. The van der Waals surface area contributed by atoms with E-state index in [2.05, 4.69) is 36.8 Å². The van der Waals surface area contributed by atoms with Crippen LogP contribution >= 0.6 is 0 Å². The molecular weight excluding hydrogens is 196 g/mol. The van der Waals surface area contributed by atoms with E-state index in [9.17, 15) is 0 Å². The van der Waals surface area contributed by atoms with Crippen molar-refractivity contribution in [3.05, 3.63) is 42.2 Å². The smallest absolute Gasteiger partial charge is 0.0338 e. The van der Waals surface area contributed by atoms with Crippen molar-refractivity contribution in [3.8, 4) is 0 Å². The summed E-state index contributed by atoms with van der Waals surface area (Å²) in [6, 6.07) is 2.51. The Morgan fingerprint density at radius 1 is 1.56 bits per heavy atom. The van der Waals surface area contributed by atoms with E-state index in [0.29, 0.717) is 6.04 Å². The molecule has 16 heavy (non-hydrogen) atoms. The van der Waals surface area contributed by atoms with E-state index in [0.717, 1.165) is 19.4 Å². The van der Waals surface area contributed by atoms with E-state index in [-0.39, 0.29) is 0 Å². The largest absolute Gasteiger partial charge is 0.310 e. The molecule has 1 aromatic heterocycles. The highest BCUT2D eigenvalue weighted by molar-refractivity contribution is 5.24. The molecule has 2 nitrogen and oxygen atoms in total. The van der Waals surface area contributed by atoms with Crippen LogP contribution in [0.5, 0.6) is 0 Å². The van der Waals surface area contributed by atoms with Crippen molar-refractivity contribution in [2.75, 3.05) is 6.54 Å². The lowest BCUT2D eigenvalue weighted by molar-refractivity contribution is 0.497. The van der Waals surface area contributed by atoms with Gasteiger partial charge in [0.15, 0.2) is 0 Å². The van der Waals surface area contributed by atoms with E-state index in [4.69, 9.17) is 0 Å². The molecule has 2 heteroatoms. The number of pyridine rings is 1. The number of aromatic nitrogens is 1. The summed E-state index contributed by atoms with van der Waals surface area (Å²) in [7, 11) is 0. The van der Waals surface area contributed by atoms with Crippen molar-refractivity contribution < 1.29 is 0 Å². The maximum Gasteiger partial charge on any atom is 0.0338 e. The van der Waals surface area contributed by atoms with Gasteiger partial charge in [-0.2, -0.15) is 0 Å². The Balaban J connectivity index is 2.68. The summed E-state index contributed by atoms with van der Waals surface area (Å²) in [5.41, 5.74) is 2.65. The molecule has 0 saturated heterocycles. The molecule has 0 fully saturated rings. The minimum absolute atomic E-state index is 0.429. The summed E-state index contributed by atoms with van der Waals surface area (Å²) in [6.45, 7) is 9.05. The third kappa shape index (κ3) is 3.78. The van der Waals surface area contributed by atoms with Gasteiger partial charge in [0, 0.05) is 18.4 Å². The van der Waals surface area contributed by atoms with Gasteiger partial charge >= 0.3 is 0 Å². The van der Waals surface area contributed by atoms with Crippen LogP contribution in [0.15, 0.2) is 31.1 Å². The van der Waals surface area contributed by atoms with Crippen molar-refractivity contribution in [2.45, 2.75) is 39.2 Å². The summed E-state index contributed by atoms with van der Waals surface area (Å²) in [4.78, 5) is 4.22. The molecule has 1 unspecified atom stereocenters. The van der Waals surface area contributed by atoms with E-state index < -0.39 is 0 Å². The molecule has 88 valence electrons. The number of allylic oxidation sites excluding steroid dienone is 1. The zero-order chi connectivity index (χ0) is 11.8. The molecule has 0 spiro atoms. The SMILES string of the molecule is C=CCCCC(NCC)c1cnccc1C. The van der Waals surface area contributed by atoms with Gasteiger partial charge in [0.05, 0.1) is 0 Å². The van der Waals surface area contributed by atoms with Crippen LogP contribution in [0.4, 0.5) is 0 Å². The zero-order valence-electron chi connectivity index (χ0n) is 10.4. The molecule has 0 saturated carbocycles. The third-order valence-corrected chi connectivity index (χ3v) is 2.81. The molecule has 1 N–H and O–H groups in total. The number of unbranched alkanes of at least 4 members (excludes halogenated alkanes) is 1. The van der Waals surface area contributed by atoms with Gasteiger partial charge in [-0.1, -0.05) is 13.0 Å². The minimum Gasteiger partial charge on any atom is -0.310 e. The molecule has 0 bridgehead atoms. The van der Waals surface area contributed by atoms with Gasteiger partial charge in [-0.3, -0.25) is 4.98 Å². The highest BCUT2D eigenvalue weighted by atomic mass is 14.9. The number of aryl methyl sites for hydroxylation is 1. The second-order valence-electron chi connectivity index (χ2n) is 4.06. The van der Waals surface area contributed by atoms with E-state index >= 15 is 0 Å². The molecule has 0 aliphatic carbocycles. The Kier molecular flexibility index (Phi) is 5.79. The first-order chi connectivity index (χ1) is 7.79. The van der Waals surface area contributed by atoms with Crippen LogP contribution in [0.25, 0.3) is 0 Å². The molecule has 1 atom stereocenters. The molecule has 1 aromatic rings. The van der Waals surface area contributed by atoms with Gasteiger partial charge in [-0.15, -0.1) is 6.58 Å². The van der Waals surface area contributed by atoms with Crippen LogP contribution in [-0.2, 0) is 0 Å². The second kappa shape index (κ2) is 7.18. The van der Waals surface area contributed by atoms with Crippen LogP contribution in [0.2, 0.25) is 0 Å². The number of nitrogens with zero attached hydrogens (tertiary/aromatic N) is 1. The molecule has 0 radical (unpaired) electrons. The fraction of sp³-hybridized carbons (Fsp3) is 0.500. The maximum atomic E-state index is 4.22. The van der Waals surface area contributed by atoms with Crippen molar-refractivity contribution in [2.24, 2.45) is 0 Å².